The lowest BCUT2D eigenvalue weighted by Gasteiger charge is -2.36. The molecule has 2 aromatic rings. The predicted octanol–water partition coefficient (Wildman–Crippen LogP) is 0.733. The zero-order valence-corrected chi connectivity index (χ0v) is 16.8. The number of piperazine rings is 1. The molecule has 0 aromatic heterocycles. The SMILES string of the molecule is O=C(C(c1ccccc1)c1ccccc1)N1CC[NH+]([C@H]2CCS(=O)(=O)C2)CC1. The zero-order valence-electron chi connectivity index (χ0n) is 16.0. The Morgan fingerprint density at radius 3 is 1.93 bits per heavy atom. The molecule has 5 nitrogen and oxygen atoms in total. The average Bonchev–Trinajstić information content (AvgIpc) is 3.10. The van der Waals surface area contributed by atoms with Crippen LogP contribution >= 0.6 is 0 Å². The lowest BCUT2D eigenvalue weighted by molar-refractivity contribution is -0.925. The van der Waals surface area contributed by atoms with Crippen LogP contribution in [0, 0.1) is 0 Å². The number of nitrogens with zero attached hydrogens (tertiary/aromatic N) is 1. The third-order valence-corrected chi connectivity index (χ3v) is 7.81. The highest BCUT2D eigenvalue weighted by Crippen LogP contribution is 2.27. The van der Waals surface area contributed by atoms with E-state index in [2.05, 4.69) is 0 Å². The average molecular weight is 400 g/mol. The van der Waals surface area contributed by atoms with Gasteiger partial charge in [0.25, 0.3) is 0 Å². The van der Waals surface area contributed by atoms with E-state index in [1.165, 1.54) is 4.90 Å². The van der Waals surface area contributed by atoms with Gasteiger partial charge in [-0.3, -0.25) is 4.79 Å². The standard InChI is InChI=1S/C22H26N2O3S/c25-22(21(18-7-3-1-4-8-18)19-9-5-2-6-10-19)24-14-12-23(13-15-24)20-11-16-28(26,27)17-20/h1-10,20-21H,11-17H2/p+1/t20-/m0/s1. The fraction of sp³-hybridized carbons (Fsp3) is 0.409. The Morgan fingerprint density at radius 2 is 1.46 bits per heavy atom. The summed E-state index contributed by atoms with van der Waals surface area (Å²) >= 11 is 0. The first-order valence-corrected chi connectivity index (χ1v) is 11.8. The van der Waals surface area contributed by atoms with Gasteiger partial charge in [-0.2, -0.15) is 0 Å². The molecule has 28 heavy (non-hydrogen) atoms. The third-order valence-electron chi connectivity index (χ3n) is 6.04. The van der Waals surface area contributed by atoms with Gasteiger partial charge in [-0.25, -0.2) is 8.42 Å². The first-order chi connectivity index (χ1) is 13.5. The summed E-state index contributed by atoms with van der Waals surface area (Å²) in [4.78, 5) is 16.7. The topological polar surface area (TPSA) is 58.9 Å². The summed E-state index contributed by atoms with van der Waals surface area (Å²) in [5.74, 6) is 0.451. The molecule has 0 bridgehead atoms. The predicted molar refractivity (Wildman–Crippen MR) is 109 cm³/mol. The fourth-order valence-electron chi connectivity index (χ4n) is 4.49. The quantitative estimate of drug-likeness (QED) is 0.825. The molecule has 0 aliphatic carbocycles. The molecule has 2 heterocycles. The van der Waals surface area contributed by atoms with Crippen LogP contribution in [0.5, 0.6) is 0 Å². The summed E-state index contributed by atoms with van der Waals surface area (Å²) in [6, 6.07) is 20.1. The molecule has 0 radical (unpaired) electrons. The second kappa shape index (κ2) is 8.05. The third kappa shape index (κ3) is 4.13. The molecular weight excluding hydrogens is 372 g/mol. The van der Waals surface area contributed by atoms with E-state index in [9.17, 15) is 13.2 Å². The van der Waals surface area contributed by atoms with Crippen LogP contribution < -0.4 is 4.90 Å². The molecule has 2 saturated heterocycles. The largest absolute Gasteiger partial charge is 0.331 e. The van der Waals surface area contributed by atoms with Gasteiger partial charge in [-0.15, -0.1) is 0 Å². The number of carbonyl (C=O) groups excluding carboxylic acids is 1. The summed E-state index contributed by atoms with van der Waals surface area (Å²) in [5, 5.41) is 0. The Morgan fingerprint density at radius 1 is 0.929 bits per heavy atom. The number of amides is 1. The van der Waals surface area contributed by atoms with Crippen molar-refractivity contribution in [3.05, 3.63) is 71.8 Å². The van der Waals surface area contributed by atoms with Gasteiger partial charge in [0, 0.05) is 6.42 Å². The molecular formula is C22H27N2O3S+. The number of nitrogens with one attached hydrogen (secondary N) is 1. The number of benzene rings is 2. The number of quaternary nitrogens is 1. The number of carbonyl (C=O) groups is 1. The monoisotopic (exact) mass is 399 g/mol. The van der Waals surface area contributed by atoms with Crippen LogP contribution in [0.3, 0.4) is 0 Å². The molecule has 0 spiro atoms. The lowest BCUT2D eigenvalue weighted by atomic mass is 9.90. The molecule has 2 aromatic carbocycles. The molecule has 1 atom stereocenters. The van der Waals surface area contributed by atoms with Crippen LogP contribution in [-0.2, 0) is 14.6 Å². The van der Waals surface area contributed by atoms with Gasteiger partial charge < -0.3 is 9.80 Å². The van der Waals surface area contributed by atoms with Crippen LogP contribution in [0.15, 0.2) is 60.7 Å². The molecule has 4 rings (SSSR count). The Hall–Kier alpha value is -2.18. The van der Waals surface area contributed by atoms with Gasteiger partial charge in [-0.1, -0.05) is 60.7 Å². The highest BCUT2D eigenvalue weighted by Gasteiger charge is 2.38. The Balaban J connectivity index is 1.48. The molecule has 0 unspecified atom stereocenters. The summed E-state index contributed by atoms with van der Waals surface area (Å²) in [6.07, 6.45) is 0.752. The molecule has 6 heteroatoms. The minimum Gasteiger partial charge on any atom is -0.331 e. The maximum absolute atomic E-state index is 13.5. The van der Waals surface area contributed by atoms with Crippen LogP contribution in [0.2, 0.25) is 0 Å². The Labute approximate surface area is 166 Å². The van der Waals surface area contributed by atoms with E-state index in [4.69, 9.17) is 0 Å². The summed E-state index contributed by atoms with van der Waals surface area (Å²) in [7, 11) is -2.86. The van der Waals surface area contributed by atoms with Gasteiger partial charge in [0.2, 0.25) is 5.91 Å². The normalized spacial score (nSPS) is 22.5. The number of hydrogen-bond donors (Lipinski definition) is 1. The van der Waals surface area contributed by atoms with Gasteiger partial charge in [-0.05, 0) is 11.1 Å². The lowest BCUT2D eigenvalue weighted by Crippen LogP contribution is -3.18. The summed E-state index contributed by atoms with van der Waals surface area (Å²) in [5.41, 5.74) is 2.02. The molecule has 0 saturated carbocycles. The minimum absolute atomic E-state index is 0.135. The maximum Gasteiger partial charge on any atom is 0.234 e. The fourth-order valence-corrected chi connectivity index (χ4v) is 6.32. The van der Waals surface area contributed by atoms with E-state index < -0.39 is 9.84 Å². The van der Waals surface area contributed by atoms with Crippen LogP contribution in [0.25, 0.3) is 0 Å². The Kier molecular flexibility index (Phi) is 5.51. The van der Waals surface area contributed by atoms with Gasteiger partial charge in [0.1, 0.15) is 11.8 Å². The van der Waals surface area contributed by atoms with E-state index in [1.54, 1.807) is 0 Å². The van der Waals surface area contributed by atoms with E-state index in [-0.39, 0.29) is 17.9 Å². The number of sulfone groups is 1. The van der Waals surface area contributed by atoms with Crippen molar-refractivity contribution >= 4 is 15.7 Å². The van der Waals surface area contributed by atoms with E-state index in [0.717, 1.165) is 30.6 Å². The second-order valence-electron chi connectivity index (χ2n) is 7.84. The van der Waals surface area contributed by atoms with Crippen molar-refractivity contribution in [2.45, 2.75) is 18.4 Å². The van der Waals surface area contributed by atoms with Crippen molar-refractivity contribution in [3.8, 4) is 0 Å². The highest BCUT2D eigenvalue weighted by molar-refractivity contribution is 7.91. The van der Waals surface area contributed by atoms with Crippen molar-refractivity contribution in [2.75, 3.05) is 37.7 Å². The molecule has 1 amide bonds. The van der Waals surface area contributed by atoms with Crippen molar-refractivity contribution in [2.24, 2.45) is 0 Å². The van der Waals surface area contributed by atoms with E-state index >= 15 is 0 Å². The molecule has 2 aliphatic rings. The van der Waals surface area contributed by atoms with E-state index in [0.29, 0.717) is 24.6 Å². The van der Waals surface area contributed by atoms with Gasteiger partial charge >= 0.3 is 0 Å². The van der Waals surface area contributed by atoms with Crippen LogP contribution in [0.4, 0.5) is 0 Å². The molecule has 1 N–H and O–H groups in total. The molecule has 2 aliphatic heterocycles. The van der Waals surface area contributed by atoms with Crippen LogP contribution in [-0.4, -0.2) is 63.0 Å². The first kappa shape index (κ1) is 19.2. The first-order valence-electron chi connectivity index (χ1n) is 9.97. The van der Waals surface area contributed by atoms with Gasteiger partial charge in [0.05, 0.1) is 37.8 Å². The van der Waals surface area contributed by atoms with Gasteiger partial charge in [0.15, 0.2) is 9.84 Å². The zero-order chi connectivity index (χ0) is 19.6. The summed E-state index contributed by atoms with van der Waals surface area (Å²) < 4.78 is 23.6. The molecule has 148 valence electrons. The van der Waals surface area contributed by atoms with Crippen molar-refractivity contribution in [1.82, 2.24) is 4.90 Å². The van der Waals surface area contributed by atoms with Crippen LogP contribution in [0.1, 0.15) is 23.5 Å². The number of hydrogen-bond acceptors (Lipinski definition) is 3. The smallest absolute Gasteiger partial charge is 0.234 e. The minimum atomic E-state index is -2.86. The molecule has 2 fully saturated rings. The van der Waals surface area contributed by atoms with Crippen molar-refractivity contribution in [1.29, 1.82) is 0 Å². The second-order valence-corrected chi connectivity index (χ2v) is 10.1. The van der Waals surface area contributed by atoms with E-state index in [1.807, 2.05) is 65.6 Å². The van der Waals surface area contributed by atoms with Crippen molar-refractivity contribution < 1.29 is 18.1 Å². The van der Waals surface area contributed by atoms with Crippen molar-refractivity contribution in [3.63, 3.8) is 0 Å². The number of rotatable bonds is 4. The maximum atomic E-state index is 13.5. The Bertz CT molecular complexity index is 868. The highest BCUT2D eigenvalue weighted by atomic mass is 32.2. The summed E-state index contributed by atoms with van der Waals surface area (Å²) in [6.45, 7) is 3.01.